The summed E-state index contributed by atoms with van der Waals surface area (Å²) in [6.07, 6.45) is 3.54. The molecular formula is C19H21FN6S. The standard InChI is InChI=1S/C19H21FN6S/c20-14-3-6-26(12-14)17-2-1-13(10-22-17)19-24-15-11-23-18(9-16(15)27-19)25-7-4-21-5-8-25/h1-2,9-11,14,21H,3-8,12H2. The lowest BCUT2D eigenvalue weighted by Gasteiger charge is -2.28. The maximum absolute atomic E-state index is 13.4. The van der Waals surface area contributed by atoms with E-state index in [1.54, 1.807) is 11.3 Å². The minimum absolute atomic E-state index is 0.438. The van der Waals surface area contributed by atoms with Crippen molar-refractivity contribution < 1.29 is 4.39 Å². The highest BCUT2D eigenvalue weighted by Gasteiger charge is 2.22. The summed E-state index contributed by atoms with van der Waals surface area (Å²) >= 11 is 1.66. The monoisotopic (exact) mass is 384 g/mol. The molecule has 0 aromatic carbocycles. The molecule has 1 N–H and O–H groups in total. The van der Waals surface area contributed by atoms with Gasteiger partial charge in [0.05, 0.1) is 17.4 Å². The fourth-order valence-electron chi connectivity index (χ4n) is 3.64. The number of thiazole rings is 1. The molecule has 0 amide bonds. The summed E-state index contributed by atoms with van der Waals surface area (Å²) in [4.78, 5) is 18.1. The summed E-state index contributed by atoms with van der Waals surface area (Å²) in [5, 5.41) is 4.30. The van der Waals surface area contributed by atoms with Gasteiger partial charge in [-0.1, -0.05) is 0 Å². The van der Waals surface area contributed by atoms with E-state index >= 15 is 0 Å². The topological polar surface area (TPSA) is 57.2 Å². The van der Waals surface area contributed by atoms with E-state index in [0.717, 1.165) is 65.1 Å². The van der Waals surface area contributed by atoms with Gasteiger partial charge in [-0.25, -0.2) is 19.3 Å². The van der Waals surface area contributed by atoms with Crippen molar-refractivity contribution >= 4 is 33.2 Å². The van der Waals surface area contributed by atoms with Crippen LogP contribution in [-0.4, -0.2) is 60.4 Å². The lowest BCUT2D eigenvalue weighted by molar-refractivity contribution is 0.364. The Morgan fingerprint density at radius 3 is 2.63 bits per heavy atom. The van der Waals surface area contributed by atoms with E-state index in [2.05, 4.69) is 26.3 Å². The second-order valence-corrected chi connectivity index (χ2v) is 8.03. The van der Waals surface area contributed by atoms with Crippen molar-refractivity contribution in [3.05, 3.63) is 30.6 Å². The Morgan fingerprint density at radius 2 is 1.89 bits per heavy atom. The van der Waals surface area contributed by atoms with E-state index in [9.17, 15) is 4.39 Å². The Hall–Kier alpha value is -2.32. The van der Waals surface area contributed by atoms with Crippen molar-refractivity contribution in [2.24, 2.45) is 0 Å². The molecule has 1 atom stereocenters. The van der Waals surface area contributed by atoms with Crippen LogP contribution in [-0.2, 0) is 0 Å². The molecule has 2 saturated heterocycles. The smallest absolute Gasteiger partial charge is 0.130 e. The first kappa shape index (κ1) is 16.8. The second-order valence-electron chi connectivity index (χ2n) is 7.00. The van der Waals surface area contributed by atoms with E-state index in [1.165, 1.54) is 0 Å². The van der Waals surface area contributed by atoms with Crippen LogP contribution in [0.3, 0.4) is 0 Å². The normalized spacial score (nSPS) is 20.6. The first-order chi connectivity index (χ1) is 13.3. The van der Waals surface area contributed by atoms with Crippen LogP contribution in [0.5, 0.6) is 0 Å². The van der Waals surface area contributed by atoms with Crippen molar-refractivity contribution in [1.82, 2.24) is 20.3 Å². The summed E-state index contributed by atoms with van der Waals surface area (Å²) in [5.41, 5.74) is 1.90. The molecule has 5 rings (SSSR count). The summed E-state index contributed by atoms with van der Waals surface area (Å²) in [5.74, 6) is 1.85. The minimum Gasteiger partial charge on any atom is -0.354 e. The fourth-order valence-corrected chi connectivity index (χ4v) is 4.60. The van der Waals surface area contributed by atoms with Crippen LogP contribution in [0.4, 0.5) is 16.0 Å². The molecule has 1 unspecified atom stereocenters. The third kappa shape index (κ3) is 3.35. The van der Waals surface area contributed by atoms with Gasteiger partial charge in [-0.3, -0.25) is 0 Å². The number of fused-ring (bicyclic) bond motifs is 1. The average molecular weight is 384 g/mol. The number of hydrogen-bond donors (Lipinski definition) is 1. The summed E-state index contributed by atoms with van der Waals surface area (Å²) < 4.78 is 14.5. The van der Waals surface area contributed by atoms with Crippen molar-refractivity contribution in [2.45, 2.75) is 12.6 Å². The van der Waals surface area contributed by atoms with Gasteiger partial charge in [0.15, 0.2) is 0 Å². The Kier molecular flexibility index (Phi) is 4.37. The van der Waals surface area contributed by atoms with Crippen molar-refractivity contribution in [3.8, 4) is 10.6 Å². The highest BCUT2D eigenvalue weighted by atomic mass is 32.1. The molecule has 0 aliphatic carbocycles. The zero-order valence-electron chi connectivity index (χ0n) is 14.9. The predicted octanol–water partition coefficient (Wildman–Crippen LogP) is 2.71. The number of hydrogen-bond acceptors (Lipinski definition) is 7. The number of rotatable bonds is 3. The molecule has 2 fully saturated rings. The molecule has 2 aliphatic rings. The van der Waals surface area contributed by atoms with Gasteiger partial charge in [-0.05, 0) is 18.6 Å². The van der Waals surface area contributed by atoms with Crippen LogP contribution in [0.2, 0.25) is 0 Å². The minimum atomic E-state index is -0.742. The third-order valence-corrected chi connectivity index (χ3v) is 6.22. The molecular weight excluding hydrogens is 363 g/mol. The molecule has 5 heterocycles. The Bertz CT molecular complexity index is 937. The van der Waals surface area contributed by atoms with Crippen LogP contribution < -0.4 is 15.1 Å². The lowest BCUT2D eigenvalue weighted by Crippen LogP contribution is -2.43. The molecule has 0 radical (unpaired) electrons. The van der Waals surface area contributed by atoms with Gasteiger partial charge in [-0.2, -0.15) is 0 Å². The van der Waals surface area contributed by atoms with Gasteiger partial charge in [0.25, 0.3) is 0 Å². The van der Waals surface area contributed by atoms with Crippen LogP contribution in [0.15, 0.2) is 30.6 Å². The second kappa shape index (κ2) is 7.01. The first-order valence-corrected chi connectivity index (χ1v) is 10.2. The molecule has 3 aromatic heterocycles. The van der Waals surface area contributed by atoms with E-state index in [4.69, 9.17) is 4.98 Å². The van der Waals surface area contributed by atoms with Crippen LogP contribution in [0, 0.1) is 0 Å². The Morgan fingerprint density at radius 1 is 1.04 bits per heavy atom. The molecule has 27 heavy (non-hydrogen) atoms. The van der Waals surface area contributed by atoms with Crippen LogP contribution >= 0.6 is 11.3 Å². The number of alkyl halides is 1. The molecule has 140 valence electrons. The SMILES string of the molecule is FC1CCN(c2ccc(-c3nc4cnc(N5CCNCC5)cc4s3)cn2)C1. The fraction of sp³-hybridized carbons (Fsp3) is 0.421. The lowest BCUT2D eigenvalue weighted by atomic mass is 10.3. The molecule has 0 saturated carbocycles. The van der Waals surface area contributed by atoms with E-state index in [1.807, 2.05) is 29.4 Å². The third-order valence-electron chi connectivity index (χ3n) is 5.15. The summed E-state index contributed by atoms with van der Waals surface area (Å²) in [7, 11) is 0. The number of piperazine rings is 1. The van der Waals surface area contributed by atoms with E-state index in [-0.39, 0.29) is 0 Å². The quantitative estimate of drug-likeness (QED) is 0.749. The molecule has 0 spiro atoms. The highest BCUT2D eigenvalue weighted by molar-refractivity contribution is 7.21. The van der Waals surface area contributed by atoms with E-state index in [0.29, 0.717) is 13.0 Å². The largest absolute Gasteiger partial charge is 0.354 e. The van der Waals surface area contributed by atoms with E-state index < -0.39 is 6.17 Å². The predicted molar refractivity (Wildman–Crippen MR) is 107 cm³/mol. The number of pyridine rings is 2. The van der Waals surface area contributed by atoms with Gasteiger partial charge in [0, 0.05) is 50.6 Å². The number of aromatic nitrogens is 3. The number of nitrogens with one attached hydrogen (secondary N) is 1. The maximum atomic E-state index is 13.4. The van der Waals surface area contributed by atoms with Crippen molar-refractivity contribution in [3.63, 3.8) is 0 Å². The van der Waals surface area contributed by atoms with Crippen molar-refractivity contribution in [1.29, 1.82) is 0 Å². The zero-order valence-corrected chi connectivity index (χ0v) is 15.8. The molecule has 6 nitrogen and oxygen atoms in total. The zero-order chi connectivity index (χ0) is 18.2. The van der Waals surface area contributed by atoms with Gasteiger partial charge in [-0.15, -0.1) is 11.3 Å². The number of anilines is 2. The molecule has 8 heteroatoms. The molecule has 0 bridgehead atoms. The Balaban J connectivity index is 1.39. The highest BCUT2D eigenvalue weighted by Crippen LogP contribution is 2.32. The van der Waals surface area contributed by atoms with Gasteiger partial charge < -0.3 is 15.1 Å². The van der Waals surface area contributed by atoms with Crippen LogP contribution in [0.25, 0.3) is 20.8 Å². The molecule has 2 aliphatic heterocycles. The maximum Gasteiger partial charge on any atom is 0.130 e. The van der Waals surface area contributed by atoms with Crippen molar-refractivity contribution in [2.75, 3.05) is 49.1 Å². The number of nitrogens with zero attached hydrogens (tertiary/aromatic N) is 5. The summed E-state index contributed by atoms with van der Waals surface area (Å²) in [6.45, 7) is 5.11. The number of halogens is 1. The average Bonchev–Trinajstić information content (AvgIpc) is 3.34. The molecule has 3 aromatic rings. The van der Waals surface area contributed by atoms with Gasteiger partial charge in [0.1, 0.15) is 28.3 Å². The van der Waals surface area contributed by atoms with Gasteiger partial charge >= 0.3 is 0 Å². The Labute approximate surface area is 161 Å². The first-order valence-electron chi connectivity index (χ1n) is 9.34. The van der Waals surface area contributed by atoms with Crippen LogP contribution in [0.1, 0.15) is 6.42 Å². The van der Waals surface area contributed by atoms with Gasteiger partial charge in [0.2, 0.25) is 0 Å². The summed E-state index contributed by atoms with van der Waals surface area (Å²) in [6, 6.07) is 6.12.